The molecule has 2 aromatic carbocycles. The van der Waals surface area contributed by atoms with Gasteiger partial charge in [0.15, 0.2) is 0 Å². The van der Waals surface area contributed by atoms with E-state index < -0.39 is 15.9 Å². The first-order chi connectivity index (χ1) is 14.2. The normalized spacial score (nSPS) is 14.0. The van der Waals surface area contributed by atoms with E-state index in [4.69, 9.17) is 4.74 Å². The minimum atomic E-state index is -3.69. The van der Waals surface area contributed by atoms with E-state index in [1.807, 2.05) is 6.92 Å². The van der Waals surface area contributed by atoms with Crippen LogP contribution in [-0.4, -0.2) is 46.7 Å². The molecule has 30 heavy (non-hydrogen) atoms. The molecule has 0 aliphatic carbocycles. The zero-order valence-corrected chi connectivity index (χ0v) is 18.0. The van der Waals surface area contributed by atoms with Crippen molar-refractivity contribution in [1.29, 1.82) is 0 Å². The molecule has 1 heterocycles. The number of nitrogens with zero attached hydrogens (tertiary/aromatic N) is 2. The van der Waals surface area contributed by atoms with Gasteiger partial charge in [0.1, 0.15) is 12.3 Å². The summed E-state index contributed by atoms with van der Waals surface area (Å²) >= 11 is 0. The molecule has 0 spiro atoms. The highest BCUT2D eigenvalue weighted by atomic mass is 32.2. The molecular formula is C21H25N3O5S. The van der Waals surface area contributed by atoms with Crippen LogP contribution in [0.3, 0.4) is 0 Å². The van der Waals surface area contributed by atoms with Crippen molar-refractivity contribution in [1.82, 2.24) is 0 Å². The van der Waals surface area contributed by atoms with Crippen molar-refractivity contribution in [3.05, 3.63) is 48.0 Å². The van der Waals surface area contributed by atoms with Gasteiger partial charge >= 0.3 is 0 Å². The van der Waals surface area contributed by atoms with Crippen molar-refractivity contribution in [3.8, 4) is 5.75 Å². The zero-order chi connectivity index (χ0) is 21.9. The van der Waals surface area contributed by atoms with Crippen LogP contribution in [0.1, 0.15) is 18.4 Å². The van der Waals surface area contributed by atoms with Crippen molar-refractivity contribution in [2.45, 2.75) is 19.8 Å². The minimum Gasteiger partial charge on any atom is -0.497 e. The van der Waals surface area contributed by atoms with E-state index in [1.54, 1.807) is 47.4 Å². The maximum Gasteiger partial charge on any atom is 0.245 e. The number of aryl methyl sites for hydroxylation is 1. The molecule has 0 bridgehead atoms. The molecule has 0 atom stereocenters. The number of nitrogens with one attached hydrogen (secondary N) is 1. The summed E-state index contributed by atoms with van der Waals surface area (Å²) in [5.41, 5.74) is 2.55. The lowest BCUT2D eigenvalue weighted by Gasteiger charge is -2.23. The number of rotatable bonds is 7. The molecule has 1 aliphatic rings. The van der Waals surface area contributed by atoms with Gasteiger partial charge in [0.2, 0.25) is 21.8 Å². The Kier molecular flexibility index (Phi) is 6.31. The molecule has 9 heteroatoms. The number of hydrogen-bond acceptors (Lipinski definition) is 5. The van der Waals surface area contributed by atoms with Gasteiger partial charge in [-0.1, -0.05) is 6.07 Å². The van der Waals surface area contributed by atoms with Crippen molar-refractivity contribution in [3.63, 3.8) is 0 Å². The van der Waals surface area contributed by atoms with Gasteiger partial charge in [0.25, 0.3) is 0 Å². The molecule has 0 saturated carbocycles. The van der Waals surface area contributed by atoms with E-state index in [2.05, 4.69) is 5.32 Å². The molecule has 0 unspecified atom stereocenters. The van der Waals surface area contributed by atoms with Gasteiger partial charge in [-0.3, -0.25) is 13.9 Å². The third-order valence-electron chi connectivity index (χ3n) is 4.87. The average Bonchev–Trinajstić information content (AvgIpc) is 3.11. The third kappa shape index (κ3) is 4.91. The number of carbonyl (C=O) groups is 2. The second-order valence-electron chi connectivity index (χ2n) is 7.17. The number of ether oxygens (including phenoxy) is 1. The van der Waals surface area contributed by atoms with E-state index in [0.29, 0.717) is 30.1 Å². The highest BCUT2D eigenvalue weighted by molar-refractivity contribution is 7.92. The Morgan fingerprint density at radius 2 is 2.00 bits per heavy atom. The molecule has 160 valence electrons. The number of hydrogen-bond donors (Lipinski definition) is 1. The average molecular weight is 432 g/mol. The molecular weight excluding hydrogens is 406 g/mol. The summed E-state index contributed by atoms with van der Waals surface area (Å²) in [4.78, 5) is 26.3. The van der Waals surface area contributed by atoms with E-state index in [9.17, 15) is 18.0 Å². The maximum atomic E-state index is 12.6. The number of amides is 2. The fourth-order valence-electron chi connectivity index (χ4n) is 3.44. The second kappa shape index (κ2) is 8.74. The van der Waals surface area contributed by atoms with E-state index in [1.165, 1.54) is 7.11 Å². The smallest absolute Gasteiger partial charge is 0.245 e. The van der Waals surface area contributed by atoms with Crippen LogP contribution in [0.2, 0.25) is 0 Å². The van der Waals surface area contributed by atoms with Crippen LogP contribution in [0.4, 0.5) is 17.1 Å². The Morgan fingerprint density at radius 3 is 2.60 bits per heavy atom. The summed E-state index contributed by atoms with van der Waals surface area (Å²) < 4.78 is 30.7. The van der Waals surface area contributed by atoms with Crippen LogP contribution in [0, 0.1) is 6.92 Å². The molecule has 0 radical (unpaired) electrons. The predicted molar refractivity (Wildman–Crippen MR) is 117 cm³/mol. The first kappa shape index (κ1) is 21.6. The van der Waals surface area contributed by atoms with Gasteiger partial charge in [-0.15, -0.1) is 0 Å². The van der Waals surface area contributed by atoms with Crippen LogP contribution in [-0.2, 0) is 19.6 Å². The van der Waals surface area contributed by atoms with E-state index in [0.717, 1.165) is 28.2 Å². The first-order valence-electron chi connectivity index (χ1n) is 9.51. The van der Waals surface area contributed by atoms with E-state index in [-0.39, 0.29) is 12.5 Å². The summed E-state index contributed by atoms with van der Waals surface area (Å²) in [6.07, 6.45) is 2.43. The van der Waals surface area contributed by atoms with Gasteiger partial charge in [-0.2, -0.15) is 0 Å². The molecule has 3 rings (SSSR count). The fourth-order valence-corrected chi connectivity index (χ4v) is 4.28. The van der Waals surface area contributed by atoms with Crippen molar-refractivity contribution >= 4 is 38.9 Å². The first-order valence-corrected chi connectivity index (χ1v) is 11.4. The predicted octanol–water partition coefficient (Wildman–Crippen LogP) is 2.54. The van der Waals surface area contributed by atoms with Gasteiger partial charge in [0.05, 0.1) is 19.1 Å². The standard InChI is InChI=1S/C21H25N3O5S/c1-15-12-16(9-10-19(15)23-11-5-8-21(23)26)22-20(25)14-24(30(3,27)28)17-6-4-7-18(13-17)29-2/h4,6-7,9-10,12-13H,5,8,11,14H2,1-3H3,(H,22,25). The molecule has 2 amide bonds. The van der Waals surface area contributed by atoms with Crippen LogP contribution >= 0.6 is 0 Å². The third-order valence-corrected chi connectivity index (χ3v) is 6.01. The number of anilines is 3. The number of benzene rings is 2. The summed E-state index contributed by atoms with van der Waals surface area (Å²) in [5.74, 6) is 0.105. The molecule has 1 saturated heterocycles. The number of sulfonamides is 1. The van der Waals surface area contributed by atoms with Crippen LogP contribution in [0.5, 0.6) is 5.75 Å². The Balaban J connectivity index is 1.75. The van der Waals surface area contributed by atoms with Gasteiger partial charge in [0, 0.05) is 30.4 Å². The summed E-state index contributed by atoms with van der Waals surface area (Å²) in [6.45, 7) is 2.18. The Labute approximate surface area is 176 Å². The summed E-state index contributed by atoms with van der Waals surface area (Å²) in [7, 11) is -2.21. The highest BCUT2D eigenvalue weighted by Crippen LogP contribution is 2.28. The molecule has 8 nitrogen and oxygen atoms in total. The fraction of sp³-hybridized carbons (Fsp3) is 0.333. The van der Waals surface area contributed by atoms with Gasteiger partial charge in [-0.25, -0.2) is 8.42 Å². The van der Waals surface area contributed by atoms with Crippen molar-refractivity contribution in [2.75, 3.05) is 41.0 Å². The topological polar surface area (TPSA) is 96.0 Å². The number of carbonyl (C=O) groups excluding carboxylic acids is 2. The molecule has 2 aromatic rings. The van der Waals surface area contributed by atoms with Crippen LogP contribution in [0.15, 0.2) is 42.5 Å². The zero-order valence-electron chi connectivity index (χ0n) is 17.2. The highest BCUT2D eigenvalue weighted by Gasteiger charge is 2.24. The lowest BCUT2D eigenvalue weighted by molar-refractivity contribution is -0.117. The quantitative estimate of drug-likeness (QED) is 0.727. The van der Waals surface area contributed by atoms with Crippen molar-refractivity contribution < 1.29 is 22.7 Å². The minimum absolute atomic E-state index is 0.0944. The molecule has 1 aliphatic heterocycles. The number of methoxy groups -OCH3 is 1. The lowest BCUT2D eigenvalue weighted by Crippen LogP contribution is -2.37. The Bertz CT molecular complexity index is 1070. The van der Waals surface area contributed by atoms with Gasteiger partial charge < -0.3 is 15.0 Å². The lowest BCUT2D eigenvalue weighted by atomic mass is 10.1. The second-order valence-corrected chi connectivity index (χ2v) is 9.08. The van der Waals surface area contributed by atoms with Crippen LogP contribution < -0.4 is 19.3 Å². The van der Waals surface area contributed by atoms with E-state index >= 15 is 0 Å². The maximum absolute atomic E-state index is 12.6. The van der Waals surface area contributed by atoms with Crippen LogP contribution in [0.25, 0.3) is 0 Å². The largest absolute Gasteiger partial charge is 0.497 e. The summed E-state index contributed by atoms with van der Waals surface area (Å²) in [5, 5.41) is 2.73. The summed E-state index contributed by atoms with van der Waals surface area (Å²) in [6, 6.07) is 11.8. The van der Waals surface area contributed by atoms with Gasteiger partial charge in [-0.05, 0) is 49.2 Å². The molecule has 0 aromatic heterocycles. The SMILES string of the molecule is COc1cccc(N(CC(=O)Nc2ccc(N3CCCC3=O)c(C)c2)S(C)(=O)=O)c1. The Morgan fingerprint density at radius 1 is 1.23 bits per heavy atom. The Hall–Kier alpha value is -3.07. The molecule has 1 N–H and O–H groups in total. The monoisotopic (exact) mass is 431 g/mol. The molecule has 1 fully saturated rings. The van der Waals surface area contributed by atoms with Crippen molar-refractivity contribution in [2.24, 2.45) is 0 Å².